The first-order valence-electron chi connectivity index (χ1n) is 7.04. The number of hydrogen-bond donors (Lipinski definition) is 0. The van der Waals surface area contributed by atoms with Crippen LogP contribution in [0, 0.1) is 0 Å². The van der Waals surface area contributed by atoms with Crippen molar-refractivity contribution < 1.29 is 0 Å². The third-order valence-corrected chi connectivity index (χ3v) is 5.64. The molecular weight excluding hydrogens is 322 g/mol. The molecule has 6 heteroatoms. The Hall–Kier alpha value is -0.880. The lowest BCUT2D eigenvalue weighted by atomic mass is 10.2. The van der Waals surface area contributed by atoms with Gasteiger partial charge in [-0.25, -0.2) is 4.98 Å². The Bertz CT molecular complexity index is 702. The van der Waals surface area contributed by atoms with Crippen LogP contribution >= 0.6 is 34.3 Å². The average molecular weight is 340 g/mol. The molecule has 0 N–H and O–H groups in total. The van der Waals surface area contributed by atoms with E-state index in [1.807, 2.05) is 6.20 Å². The van der Waals surface area contributed by atoms with E-state index in [2.05, 4.69) is 50.3 Å². The summed E-state index contributed by atoms with van der Waals surface area (Å²) in [6.45, 7) is 6.27. The minimum Gasteiger partial charge on any atom is -0.292 e. The highest BCUT2D eigenvalue weighted by Gasteiger charge is 2.19. The zero-order valence-electron chi connectivity index (χ0n) is 12.1. The van der Waals surface area contributed by atoms with Crippen LogP contribution in [0.1, 0.15) is 31.5 Å². The molecule has 0 aliphatic heterocycles. The van der Waals surface area contributed by atoms with E-state index in [4.69, 9.17) is 11.6 Å². The molecule has 3 aromatic heterocycles. The van der Waals surface area contributed by atoms with E-state index in [-0.39, 0.29) is 0 Å². The summed E-state index contributed by atoms with van der Waals surface area (Å²) < 4.78 is 2.11. The fourth-order valence-corrected chi connectivity index (χ4v) is 4.06. The van der Waals surface area contributed by atoms with Crippen LogP contribution in [0.3, 0.4) is 0 Å². The number of aromatic nitrogens is 2. The number of nitrogens with zero attached hydrogens (tertiary/aromatic N) is 3. The second kappa shape index (κ2) is 6.48. The highest BCUT2D eigenvalue weighted by molar-refractivity contribution is 7.15. The van der Waals surface area contributed by atoms with Crippen LogP contribution in [-0.2, 0) is 13.1 Å². The summed E-state index contributed by atoms with van der Waals surface area (Å²) in [6, 6.07) is 2.70. The topological polar surface area (TPSA) is 20.5 Å². The van der Waals surface area contributed by atoms with Gasteiger partial charge in [0.05, 0.1) is 5.69 Å². The van der Waals surface area contributed by atoms with Gasteiger partial charge < -0.3 is 0 Å². The normalized spacial score (nSPS) is 13.3. The number of imidazole rings is 1. The summed E-state index contributed by atoms with van der Waals surface area (Å²) in [6.07, 6.45) is 3.17. The van der Waals surface area contributed by atoms with Crippen molar-refractivity contribution in [3.05, 3.63) is 44.8 Å². The smallest absolute Gasteiger partial charge is 0.195 e. The highest BCUT2D eigenvalue weighted by atomic mass is 35.5. The van der Waals surface area contributed by atoms with Crippen molar-refractivity contribution in [2.75, 3.05) is 0 Å². The maximum absolute atomic E-state index is 6.33. The summed E-state index contributed by atoms with van der Waals surface area (Å²) in [7, 11) is 0. The van der Waals surface area contributed by atoms with E-state index in [0.717, 1.165) is 30.2 Å². The molecule has 0 fully saturated rings. The second-order valence-electron chi connectivity index (χ2n) is 5.20. The lowest BCUT2D eigenvalue weighted by Gasteiger charge is -2.28. The molecule has 112 valence electrons. The van der Waals surface area contributed by atoms with Crippen molar-refractivity contribution in [3.63, 3.8) is 0 Å². The van der Waals surface area contributed by atoms with Crippen molar-refractivity contribution in [1.29, 1.82) is 0 Å². The molecule has 0 saturated heterocycles. The maximum Gasteiger partial charge on any atom is 0.195 e. The van der Waals surface area contributed by atoms with E-state index < -0.39 is 0 Å². The van der Waals surface area contributed by atoms with E-state index in [0.29, 0.717) is 11.2 Å². The number of fused-ring (bicyclic) bond motifs is 1. The number of thiophene rings is 1. The molecular formula is C15H18ClN3S2. The molecule has 3 aromatic rings. The van der Waals surface area contributed by atoms with Gasteiger partial charge in [0.15, 0.2) is 10.1 Å². The van der Waals surface area contributed by atoms with Gasteiger partial charge in [-0.2, -0.15) is 11.3 Å². The van der Waals surface area contributed by atoms with Crippen molar-refractivity contribution in [1.82, 2.24) is 14.3 Å². The molecule has 0 radical (unpaired) electrons. The summed E-state index contributed by atoms with van der Waals surface area (Å²) in [5.41, 5.74) is 2.45. The summed E-state index contributed by atoms with van der Waals surface area (Å²) in [4.78, 5) is 7.87. The molecule has 0 spiro atoms. The predicted octanol–water partition coefficient (Wildman–Crippen LogP) is 4.91. The highest BCUT2D eigenvalue weighted by Crippen LogP contribution is 2.25. The lowest BCUT2D eigenvalue weighted by Crippen LogP contribution is -2.32. The predicted molar refractivity (Wildman–Crippen MR) is 91.4 cm³/mol. The largest absolute Gasteiger partial charge is 0.292 e. The van der Waals surface area contributed by atoms with Crippen molar-refractivity contribution in [2.45, 2.75) is 39.4 Å². The molecule has 1 atom stereocenters. The second-order valence-corrected chi connectivity index (χ2v) is 7.21. The van der Waals surface area contributed by atoms with Crippen LogP contribution in [0.5, 0.6) is 0 Å². The first-order chi connectivity index (χ1) is 10.2. The first-order valence-corrected chi connectivity index (χ1v) is 9.24. The Kier molecular flexibility index (Phi) is 4.64. The van der Waals surface area contributed by atoms with Gasteiger partial charge >= 0.3 is 0 Å². The Morgan fingerprint density at radius 1 is 1.38 bits per heavy atom. The fraction of sp³-hybridized carbons (Fsp3) is 0.400. The van der Waals surface area contributed by atoms with E-state index in [1.54, 1.807) is 22.7 Å². The lowest BCUT2D eigenvalue weighted by molar-refractivity contribution is 0.183. The number of rotatable bonds is 6. The molecule has 0 bridgehead atoms. The van der Waals surface area contributed by atoms with E-state index in [1.165, 1.54) is 5.56 Å². The van der Waals surface area contributed by atoms with Crippen LogP contribution in [0.2, 0.25) is 5.15 Å². The molecule has 0 unspecified atom stereocenters. The quantitative estimate of drug-likeness (QED) is 0.636. The van der Waals surface area contributed by atoms with Gasteiger partial charge in [0, 0.05) is 30.7 Å². The Labute approximate surface area is 137 Å². The Balaban J connectivity index is 1.86. The minimum atomic E-state index is 0.505. The Morgan fingerprint density at radius 3 is 2.95 bits per heavy atom. The molecule has 3 heterocycles. The average Bonchev–Trinajstić information content (AvgIpc) is 3.17. The van der Waals surface area contributed by atoms with Crippen molar-refractivity contribution in [2.24, 2.45) is 0 Å². The number of hydrogen-bond acceptors (Lipinski definition) is 4. The zero-order chi connectivity index (χ0) is 14.8. The van der Waals surface area contributed by atoms with Gasteiger partial charge in [-0.15, -0.1) is 11.3 Å². The van der Waals surface area contributed by atoms with Crippen LogP contribution < -0.4 is 0 Å². The van der Waals surface area contributed by atoms with Gasteiger partial charge in [-0.1, -0.05) is 18.5 Å². The number of thiazole rings is 1. The first kappa shape index (κ1) is 15.0. The van der Waals surface area contributed by atoms with Crippen LogP contribution in [-0.4, -0.2) is 20.3 Å². The summed E-state index contributed by atoms with van der Waals surface area (Å²) in [5.74, 6) is 0. The molecule has 0 aliphatic carbocycles. The van der Waals surface area contributed by atoms with Crippen LogP contribution in [0.4, 0.5) is 0 Å². The molecule has 3 rings (SSSR count). The standard InChI is InChI=1S/C15H18ClN3S2/c1-3-11(2)18(8-12-4-6-20-10-12)9-13-14(16)17-15-19(13)5-7-21-15/h4-7,10-11H,3,8-9H2,1-2H3/t11-/m1/s1. The van der Waals surface area contributed by atoms with Crippen LogP contribution in [0.25, 0.3) is 4.96 Å². The van der Waals surface area contributed by atoms with Crippen molar-refractivity contribution >= 4 is 39.2 Å². The van der Waals surface area contributed by atoms with E-state index in [9.17, 15) is 0 Å². The fourth-order valence-electron chi connectivity index (χ4n) is 2.38. The molecule has 0 amide bonds. The third-order valence-electron chi connectivity index (χ3n) is 3.84. The zero-order valence-corrected chi connectivity index (χ0v) is 14.5. The monoisotopic (exact) mass is 339 g/mol. The molecule has 3 nitrogen and oxygen atoms in total. The third kappa shape index (κ3) is 3.16. The molecule has 0 saturated carbocycles. The van der Waals surface area contributed by atoms with Gasteiger partial charge in [0.1, 0.15) is 0 Å². The molecule has 0 aromatic carbocycles. The van der Waals surface area contributed by atoms with Gasteiger partial charge in [0.25, 0.3) is 0 Å². The Morgan fingerprint density at radius 2 is 2.24 bits per heavy atom. The minimum absolute atomic E-state index is 0.505. The molecule has 0 aliphatic rings. The summed E-state index contributed by atoms with van der Waals surface area (Å²) in [5, 5.41) is 7.02. The van der Waals surface area contributed by atoms with Gasteiger partial charge in [-0.3, -0.25) is 9.30 Å². The molecule has 21 heavy (non-hydrogen) atoms. The van der Waals surface area contributed by atoms with Gasteiger partial charge in [-0.05, 0) is 35.7 Å². The number of halogens is 1. The van der Waals surface area contributed by atoms with E-state index >= 15 is 0 Å². The summed E-state index contributed by atoms with van der Waals surface area (Å²) >= 11 is 9.70. The van der Waals surface area contributed by atoms with Crippen molar-refractivity contribution in [3.8, 4) is 0 Å². The SMILES string of the molecule is CC[C@@H](C)N(Cc1ccsc1)Cc1c(Cl)nc2sccn12. The van der Waals surface area contributed by atoms with Crippen LogP contribution in [0.15, 0.2) is 28.4 Å². The maximum atomic E-state index is 6.33. The van der Waals surface area contributed by atoms with Gasteiger partial charge in [0.2, 0.25) is 0 Å².